The molecular formula is C10H21NO. The van der Waals surface area contributed by atoms with Crippen LogP contribution in [0.3, 0.4) is 0 Å². The Labute approximate surface area is 75.9 Å². The molecule has 2 heteroatoms. The van der Waals surface area contributed by atoms with Gasteiger partial charge in [-0.2, -0.15) is 0 Å². The van der Waals surface area contributed by atoms with E-state index in [0.29, 0.717) is 6.10 Å². The smallest absolute Gasteiger partial charge is 0.0828 e. The van der Waals surface area contributed by atoms with E-state index in [1.807, 2.05) is 0 Å². The Kier molecular flexibility index (Phi) is 4.62. The normalized spacial score (nSPS) is 19.5. The molecule has 0 amide bonds. The van der Waals surface area contributed by atoms with Crippen LogP contribution in [0.25, 0.3) is 0 Å². The molecule has 0 unspecified atom stereocenters. The Balaban J connectivity index is 1.83. The van der Waals surface area contributed by atoms with Gasteiger partial charge >= 0.3 is 0 Å². The number of hydrogen-bond acceptors (Lipinski definition) is 2. The summed E-state index contributed by atoms with van der Waals surface area (Å²) in [7, 11) is 0. The van der Waals surface area contributed by atoms with Gasteiger partial charge in [0.15, 0.2) is 0 Å². The fraction of sp³-hybridized carbons (Fsp3) is 1.00. The molecule has 0 N–H and O–H groups in total. The van der Waals surface area contributed by atoms with Gasteiger partial charge in [0, 0.05) is 19.7 Å². The maximum atomic E-state index is 5.67. The number of hydrogen-bond donors (Lipinski definition) is 0. The summed E-state index contributed by atoms with van der Waals surface area (Å²) >= 11 is 0. The molecule has 1 aliphatic rings. The summed E-state index contributed by atoms with van der Waals surface area (Å²) in [4.78, 5) is 2.41. The van der Waals surface area contributed by atoms with E-state index in [1.165, 1.54) is 25.8 Å². The van der Waals surface area contributed by atoms with Gasteiger partial charge in [-0.15, -0.1) is 0 Å². The first-order chi connectivity index (χ1) is 5.86. The van der Waals surface area contributed by atoms with E-state index in [2.05, 4.69) is 18.7 Å². The van der Waals surface area contributed by atoms with Crippen LogP contribution in [0.2, 0.25) is 0 Å². The van der Waals surface area contributed by atoms with Gasteiger partial charge in [-0.3, -0.25) is 4.90 Å². The number of nitrogens with zero attached hydrogens (tertiary/aromatic N) is 1. The second kappa shape index (κ2) is 5.55. The Morgan fingerprint density at radius 3 is 2.58 bits per heavy atom. The lowest BCUT2D eigenvalue weighted by Crippen LogP contribution is -2.51. The summed E-state index contributed by atoms with van der Waals surface area (Å²) in [5.41, 5.74) is 0. The van der Waals surface area contributed by atoms with Crippen LogP contribution < -0.4 is 0 Å². The first-order valence-corrected chi connectivity index (χ1v) is 5.20. The summed E-state index contributed by atoms with van der Waals surface area (Å²) in [5, 5.41) is 0. The Morgan fingerprint density at radius 1 is 1.25 bits per heavy atom. The molecule has 0 atom stereocenters. The molecule has 0 aromatic carbocycles. The lowest BCUT2D eigenvalue weighted by Gasteiger charge is -2.38. The zero-order chi connectivity index (χ0) is 8.81. The summed E-state index contributed by atoms with van der Waals surface area (Å²) in [5.74, 6) is 0. The molecule has 12 heavy (non-hydrogen) atoms. The number of likely N-dealkylation sites (N-methyl/N-ethyl adjacent to an activating group) is 1. The van der Waals surface area contributed by atoms with Crippen LogP contribution in [0.5, 0.6) is 0 Å². The summed E-state index contributed by atoms with van der Waals surface area (Å²) < 4.78 is 5.67. The fourth-order valence-corrected chi connectivity index (χ4v) is 1.49. The minimum absolute atomic E-state index is 0.543. The topological polar surface area (TPSA) is 12.5 Å². The van der Waals surface area contributed by atoms with Gasteiger partial charge in [0.25, 0.3) is 0 Å². The van der Waals surface area contributed by atoms with Gasteiger partial charge in [0.2, 0.25) is 0 Å². The van der Waals surface area contributed by atoms with Gasteiger partial charge in [0.1, 0.15) is 0 Å². The molecule has 1 aliphatic heterocycles. The van der Waals surface area contributed by atoms with E-state index in [9.17, 15) is 0 Å². The fourth-order valence-electron chi connectivity index (χ4n) is 1.49. The first-order valence-electron chi connectivity index (χ1n) is 5.20. The minimum Gasteiger partial charge on any atom is -0.376 e. The number of likely N-dealkylation sites (tertiary alicyclic amines) is 1. The van der Waals surface area contributed by atoms with Gasteiger partial charge < -0.3 is 4.74 Å². The molecule has 0 aliphatic carbocycles. The molecule has 0 spiro atoms. The standard InChI is InChI=1S/C10H21NO/c1-3-5-6-7-12-10-8-11(4-2)9-10/h10H,3-9H2,1-2H3. The molecule has 0 saturated carbocycles. The van der Waals surface area contributed by atoms with Crippen molar-refractivity contribution >= 4 is 0 Å². The SMILES string of the molecule is CCCCCOC1CN(CC)C1. The Bertz CT molecular complexity index is 110. The molecule has 1 heterocycles. The molecule has 1 fully saturated rings. The van der Waals surface area contributed by atoms with Crippen molar-refractivity contribution in [2.24, 2.45) is 0 Å². The van der Waals surface area contributed by atoms with Crippen molar-refractivity contribution in [1.82, 2.24) is 4.90 Å². The van der Waals surface area contributed by atoms with Gasteiger partial charge in [-0.1, -0.05) is 26.7 Å². The van der Waals surface area contributed by atoms with E-state index in [4.69, 9.17) is 4.74 Å². The van der Waals surface area contributed by atoms with E-state index in [1.54, 1.807) is 0 Å². The van der Waals surface area contributed by atoms with Crippen LogP contribution in [-0.4, -0.2) is 37.2 Å². The minimum atomic E-state index is 0.543. The second-order valence-corrected chi connectivity index (χ2v) is 3.55. The number of rotatable bonds is 6. The molecule has 2 nitrogen and oxygen atoms in total. The molecule has 1 rings (SSSR count). The second-order valence-electron chi connectivity index (χ2n) is 3.55. The van der Waals surface area contributed by atoms with Crippen LogP contribution in [0.15, 0.2) is 0 Å². The lowest BCUT2D eigenvalue weighted by atomic mass is 10.2. The van der Waals surface area contributed by atoms with Crippen molar-refractivity contribution in [2.75, 3.05) is 26.2 Å². The average Bonchev–Trinajstić information content (AvgIpc) is 2.01. The largest absolute Gasteiger partial charge is 0.376 e. The number of unbranched alkanes of at least 4 members (excludes halogenated alkanes) is 2. The molecule has 0 aromatic rings. The average molecular weight is 171 g/mol. The maximum Gasteiger partial charge on any atom is 0.0828 e. The van der Waals surface area contributed by atoms with Gasteiger partial charge in [0.05, 0.1) is 6.10 Å². The van der Waals surface area contributed by atoms with Crippen molar-refractivity contribution in [3.8, 4) is 0 Å². The van der Waals surface area contributed by atoms with Crippen LogP contribution in [0, 0.1) is 0 Å². The molecule has 1 saturated heterocycles. The highest BCUT2D eigenvalue weighted by Gasteiger charge is 2.24. The highest BCUT2D eigenvalue weighted by molar-refractivity contribution is 4.79. The van der Waals surface area contributed by atoms with Crippen molar-refractivity contribution < 1.29 is 4.74 Å². The summed E-state index contributed by atoms with van der Waals surface area (Å²) in [6.45, 7) is 8.88. The van der Waals surface area contributed by atoms with Gasteiger partial charge in [-0.05, 0) is 13.0 Å². The Hall–Kier alpha value is -0.0800. The molecular weight excluding hydrogens is 150 g/mol. The third kappa shape index (κ3) is 3.11. The predicted molar refractivity (Wildman–Crippen MR) is 51.4 cm³/mol. The van der Waals surface area contributed by atoms with Crippen molar-refractivity contribution in [1.29, 1.82) is 0 Å². The summed E-state index contributed by atoms with van der Waals surface area (Å²) in [6.07, 6.45) is 4.38. The zero-order valence-electron chi connectivity index (χ0n) is 8.38. The van der Waals surface area contributed by atoms with E-state index in [0.717, 1.165) is 19.7 Å². The summed E-state index contributed by atoms with van der Waals surface area (Å²) in [6, 6.07) is 0. The van der Waals surface area contributed by atoms with Crippen molar-refractivity contribution in [3.05, 3.63) is 0 Å². The maximum absolute atomic E-state index is 5.67. The van der Waals surface area contributed by atoms with Crippen molar-refractivity contribution in [3.63, 3.8) is 0 Å². The lowest BCUT2D eigenvalue weighted by molar-refractivity contribution is -0.0529. The number of ether oxygens (including phenoxy) is 1. The zero-order valence-corrected chi connectivity index (χ0v) is 8.38. The van der Waals surface area contributed by atoms with Crippen molar-refractivity contribution in [2.45, 2.75) is 39.2 Å². The van der Waals surface area contributed by atoms with Crippen LogP contribution in [0.4, 0.5) is 0 Å². The first kappa shape index (κ1) is 10.0. The molecule has 72 valence electrons. The monoisotopic (exact) mass is 171 g/mol. The predicted octanol–water partition coefficient (Wildman–Crippen LogP) is 1.90. The molecule has 0 bridgehead atoms. The van der Waals surface area contributed by atoms with E-state index < -0.39 is 0 Å². The molecule has 0 radical (unpaired) electrons. The highest BCUT2D eigenvalue weighted by Crippen LogP contribution is 2.11. The van der Waals surface area contributed by atoms with Crippen LogP contribution >= 0.6 is 0 Å². The Morgan fingerprint density at radius 2 is 2.00 bits per heavy atom. The third-order valence-electron chi connectivity index (χ3n) is 2.47. The third-order valence-corrected chi connectivity index (χ3v) is 2.47. The van der Waals surface area contributed by atoms with E-state index in [-0.39, 0.29) is 0 Å². The van der Waals surface area contributed by atoms with Gasteiger partial charge in [-0.25, -0.2) is 0 Å². The van der Waals surface area contributed by atoms with Crippen LogP contribution in [-0.2, 0) is 4.74 Å². The van der Waals surface area contributed by atoms with E-state index >= 15 is 0 Å². The van der Waals surface area contributed by atoms with Crippen LogP contribution in [0.1, 0.15) is 33.1 Å². The quantitative estimate of drug-likeness (QED) is 0.566. The molecule has 0 aromatic heterocycles. The highest BCUT2D eigenvalue weighted by atomic mass is 16.5.